The van der Waals surface area contributed by atoms with Gasteiger partial charge < -0.3 is 44.6 Å². The number of carbonyl (C=O) groups is 2. The van der Waals surface area contributed by atoms with E-state index in [9.17, 15) is 44.6 Å². The zero-order chi connectivity index (χ0) is 44.0. The Bertz CT molecular complexity index is 1300. The number of hydrogen-bond donors (Lipinski definition) is 6. The summed E-state index contributed by atoms with van der Waals surface area (Å²) in [5.74, 6) is -1.19. The fourth-order valence-electron chi connectivity index (χ4n) is 6.73. The van der Waals surface area contributed by atoms with Crippen LogP contribution < -0.4 is 0 Å². The lowest BCUT2D eigenvalue weighted by Gasteiger charge is -2.41. The maximum absolute atomic E-state index is 12.8. The van der Waals surface area contributed by atoms with Crippen LogP contribution in [0.15, 0.2) is 48.6 Å². The maximum Gasteiger partial charge on any atom is 0.472 e. The number of hydrogen-bond acceptors (Lipinski definition) is 13. The SMILES string of the molecule is CCCCC/C=C\C/C=C\CC1OC1C/C=C\CCCC(=O)O[C@H](COC(=O)CCCCCCC/C=C\CCCCCC)COP(=O)(O)OC1[C@H](O)[C@H](O)C(O)[C@H](O)[C@H]1O. The highest BCUT2D eigenvalue weighted by Crippen LogP contribution is 2.47. The molecule has 14 nitrogen and oxygen atoms in total. The van der Waals surface area contributed by atoms with Gasteiger partial charge in [-0.3, -0.25) is 18.6 Å². The van der Waals surface area contributed by atoms with E-state index in [2.05, 4.69) is 50.3 Å². The Balaban J connectivity index is 1.76. The van der Waals surface area contributed by atoms with Crippen LogP contribution in [0.5, 0.6) is 0 Å². The minimum absolute atomic E-state index is 0.00971. The molecule has 0 aromatic carbocycles. The quantitative estimate of drug-likeness (QED) is 0.0120. The number of aliphatic hydroxyl groups is 5. The van der Waals surface area contributed by atoms with E-state index in [4.69, 9.17) is 23.3 Å². The number of phosphoric acid groups is 1. The van der Waals surface area contributed by atoms with E-state index in [1.54, 1.807) is 0 Å². The summed E-state index contributed by atoms with van der Waals surface area (Å²) in [4.78, 5) is 35.7. The molecule has 1 saturated carbocycles. The molecule has 1 saturated heterocycles. The van der Waals surface area contributed by atoms with Gasteiger partial charge in [-0.1, -0.05) is 114 Å². The van der Waals surface area contributed by atoms with Gasteiger partial charge in [-0.2, -0.15) is 0 Å². The number of unbranched alkanes of at least 4 members (excludes halogenated alkanes) is 13. The first-order valence-corrected chi connectivity index (χ1v) is 24.1. The lowest BCUT2D eigenvalue weighted by atomic mass is 9.85. The van der Waals surface area contributed by atoms with E-state index in [0.29, 0.717) is 19.3 Å². The molecule has 1 aliphatic heterocycles. The van der Waals surface area contributed by atoms with Gasteiger partial charge in [0.2, 0.25) is 0 Å². The predicted octanol–water partition coefficient (Wildman–Crippen LogP) is 7.38. The van der Waals surface area contributed by atoms with Crippen LogP contribution in [-0.2, 0) is 37.4 Å². The zero-order valence-electron chi connectivity index (χ0n) is 36.2. The molecule has 346 valence electrons. The first-order chi connectivity index (χ1) is 28.9. The highest BCUT2D eigenvalue weighted by atomic mass is 31.2. The molecule has 6 N–H and O–H groups in total. The Morgan fingerprint density at radius 2 is 1.05 bits per heavy atom. The molecule has 5 unspecified atom stereocenters. The van der Waals surface area contributed by atoms with E-state index >= 15 is 0 Å². The summed E-state index contributed by atoms with van der Waals surface area (Å²) < 4.78 is 39.2. The Hall–Kier alpha value is -2.23. The standard InChI is InChI=1S/C45H77O14P/c1-3-5-7-9-11-13-14-15-16-18-20-22-27-31-38(46)55-33-35(34-56-60(53,54)59-45-43(51)41(49)40(48)42(50)44(45)52)57-39(47)32-28-24-23-26-30-37-36(58-37)29-25-21-19-17-12-10-8-6-4-2/h12-14,17,21,23,25-26,35-37,40-45,48-52H,3-11,15-16,18-20,22,24,27-34H2,1-2H3,(H,53,54)/b14-13-,17-12-,25-21-,26-23-/t35-,36?,37?,40?,41-,42+,43-,44-,45?/m1/s1. The fourth-order valence-corrected chi connectivity index (χ4v) is 7.70. The zero-order valence-corrected chi connectivity index (χ0v) is 37.1. The average Bonchev–Trinajstić information content (AvgIpc) is 3.99. The van der Waals surface area contributed by atoms with Crippen molar-refractivity contribution < 1.29 is 67.8 Å². The van der Waals surface area contributed by atoms with Crippen molar-refractivity contribution in [2.45, 2.75) is 210 Å². The molecule has 15 heteroatoms. The van der Waals surface area contributed by atoms with Crippen molar-refractivity contribution in [3.8, 4) is 0 Å². The first kappa shape index (κ1) is 53.9. The van der Waals surface area contributed by atoms with Crippen molar-refractivity contribution in [3.63, 3.8) is 0 Å². The molecular formula is C45H77O14P. The van der Waals surface area contributed by atoms with Crippen LogP contribution >= 0.6 is 7.82 Å². The van der Waals surface area contributed by atoms with E-state index in [-0.39, 0.29) is 25.0 Å². The number of rotatable bonds is 35. The third kappa shape index (κ3) is 24.4. The average molecular weight is 873 g/mol. The van der Waals surface area contributed by atoms with Gasteiger partial charge in [-0.15, -0.1) is 0 Å². The van der Waals surface area contributed by atoms with Gasteiger partial charge in [-0.25, -0.2) is 4.57 Å². The van der Waals surface area contributed by atoms with Gasteiger partial charge in [0.15, 0.2) is 6.10 Å². The second-order valence-corrected chi connectivity index (χ2v) is 17.3. The third-order valence-corrected chi connectivity index (χ3v) is 11.5. The van der Waals surface area contributed by atoms with E-state index < -0.39 is 75.7 Å². The largest absolute Gasteiger partial charge is 0.472 e. The normalized spacial score (nSPS) is 26.0. The molecular weight excluding hydrogens is 795 g/mol. The van der Waals surface area contributed by atoms with Crippen LogP contribution in [0.1, 0.15) is 155 Å². The number of carbonyl (C=O) groups excluding carboxylic acids is 2. The topological polar surface area (TPSA) is 222 Å². The highest BCUT2D eigenvalue weighted by molar-refractivity contribution is 7.47. The summed E-state index contributed by atoms with van der Waals surface area (Å²) in [6, 6.07) is 0. The van der Waals surface area contributed by atoms with Crippen molar-refractivity contribution in [1.82, 2.24) is 0 Å². The summed E-state index contributed by atoms with van der Waals surface area (Å²) >= 11 is 0. The number of esters is 2. The molecule has 0 aromatic heterocycles. The smallest absolute Gasteiger partial charge is 0.462 e. The van der Waals surface area contributed by atoms with E-state index in [1.807, 2.05) is 12.2 Å². The van der Waals surface area contributed by atoms with Crippen LogP contribution in [0.25, 0.3) is 0 Å². The second-order valence-electron chi connectivity index (χ2n) is 15.9. The number of ether oxygens (including phenoxy) is 3. The Labute approximate surface area is 358 Å². The molecule has 2 aliphatic rings. The maximum atomic E-state index is 12.8. The number of epoxide rings is 1. The van der Waals surface area contributed by atoms with Crippen molar-refractivity contribution in [2.24, 2.45) is 0 Å². The number of aliphatic hydroxyl groups excluding tert-OH is 5. The molecule has 0 radical (unpaired) electrons. The van der Waals surface area contributed by atoms with Crippen LogP contribution in [0, 0.1) is 0 Å². The Morgan fingerprint density at radius 3 is 1.70 bits per heavy atom. The molecule has 1 heterocycles. The van der Waals surface area contributed by atoms with Crippen molar-refractivity contribution in [3.05, 3.63) is 48.6 Å². The minimum atomic E-state index is -5.14. The first-order valence-electron chi connectivity index (χ1n) is 22.6. The Morgan fingerprint density at radius 1 is 0.583 bits per heavy atom. The lowest BCUT2D eigenvalue weighted by Crippen LogP contribution is -2.64. The molecule has 10 atom stereocenters. The minimum Gasteiger partial charge on any atom is -0.462 e. The van der Waals surface area contributed by atoms with Gasteiger partial charge in [0.05, 0.1) is 18.8 Å². The van der Waals surface area contributed by atoms with Gasteiger partial charge in [-0.05, 0) is 77.0 Å². The molecule has 2 fully saturated rings. The predicted molar refractivity (Wildman–Crippen MR) is 230 cm³/mol. The summed E-state index contributed by atoms with van der Waals surface area (Å²) in [6.07, 6.45) is 24.8. The summed E-state index contributed by atoms with van der Waals surface area (Å²) in [5.41, 5.74) is 0. The van der Waals surface area contributed by atoms with Crippen LogP contribution in [-0.4, -0.2) is 111 Å². The molecule has 2 rings (SSSR count). The van der Waals surface area contributed by atoms with E-state index in [1.165, 1.54) is 44.9 Å². The monoisotopic (exact) mass is 873 g/mol. The summed E-state index contributed by atoms with van der Waals surface area (Å²) in [5, 5.41) is 50.1. The number of phosphoric ester groups is 1. The molecule has 0 bridgehead atoms. The molecule has 60 heavy (non-hydrogen) atoms. The van der Waals surface area contributed by atoms with Crippen molar-refractivity contribution in [1.29, 1.82) is 0 Å². The van der Waals surface area contributed by atoms with E-state index in [0.717, 1.165) is 64.2 Å². The number of allylic oxidation sites excluding steroid dienone is 6. The molecule has 0 amide bonds. The van der Waals surface area contributed by atoms with Gasteiger partial charge in [0, 0.05) is 12.8 Å². The summed E-state index contributed by atoms with van der Waals surface area (Å²) in [6.45, 7) is 3.17. The van der Waals surface area contributed by atoms with Crippen LogP contribution in [0.3, 0.4) is 0 Å². The third-order valence-electron chi connectivity index (χ3n) is 10.5. The fraction of sp³-hybridized carbons (Fsp3) is 0.778. The van der Waals surface area contributed by atoms with Gasteiger partial charge >= 0.3 is 19.8 Å². The highest BCUT2D eigenvalue weighted by Gasteiger charge is 2.51. The summed E-state index contributed by atoms with van der Waals surface area (Å²) in [7, 11) is -5.14. The lowest BCUT2D eigenvalue weighted by molar-refractivity contribution is -0.220. The Kier molecular flexibility index (Phi) is 29.1. The van der Waals surface area contributed by atoms with Gasteiger partial charge in [0.25, 0.3) is 0 Å². The molecule has 0 spiro atoms. The molecule has 1 aliphatic carbocycles. The van der Waals surface area contributed by atoms with Crippen LogP contribution in [0.4, 0.5) is 0 Å². The van der Waals surface area contributed by atoms with Crippen molar-refractivity contribution in [2.75, 3.05) is 13.2 Å². The van der Waals surface area contributed by atoms with Crippen molar-refractivity contribution >= 4 is 19.8 Å². The van der Waals surface area contributed by atoms with Gasteiger partial charge in [0.1, 0.15) is 43.2 Å². The molecule has 0 aromatic rings. The second kappa shape index (κ2) is 32.4. The van der Waals surface area contributed by atoms with Crippen LogP contribution in [0.2, 0.25) is 0 Å².